The van der Waals surface area contributed by atoms with Gasteiger partial charge in [-0.25, -0.2) is 14.8 Å². The van der Waals surface area contributed by atoms with Crippen LogP contribution in [-0.4, -0.2) is 48.3 Å². The summed E-state index contributed by atoms with van der Waals surface area (Å²) in [4.78, 5) is 23.1. The lowest BCUT2D eigenvalue weighted by molar-refractivity contribution is 0.171. The van der Waals surface area contributed by atoms with Gasteiger partial charge in [0.05, 0.1) is 5.69 Å². The number of benzene rings is 1. The summed E-state index contributed by atoms with van der Waals surface area (Å²) in [6.45, 7) is 2.65. The zero-order chi connectivity index (χ0) is 18.6. The molecule has 2 aromatic rings. The summed E-state index contributed by atoms with van der Waals surface area (Å²) in [5.41, 5.74) is 0.645. The number of ether oxygens (including phenoxy) is 2. The molecule has 142 valence electrons. The van der Waals surface area contributed by atoms with Crippen molar-refractivity contribution in [1.29, 1.82) is 0 Å². The molecule has 1 aromatic carbocycles. The third-order valence-corrected chi connectivity index (χ3v) is 5.20. The first-order valence-electron chi connectivity index (χ1n) is 8.87. The lowest BCUT2D eigenvalue weighted by Gasteiger charge is -2.32. The number of halogens is 1. The van der Waals surface area contributed by atoms with Crippen LogP contribution < -0.4 is 25.0 Å². The number of amides is 2. The largest absolute Gasteiger partial charge is 0.486 e. The molecule has 2 amide bonds. The number of aromatic nitrogens is 2. The van der Waals surface area contributed by atoms with Crippen LogP contribution in [0, 0.1) is 0 Å². The molecule has 2 aliphatic rings. The Labute approximate surface area is 165 Å². The number of nitrogens with one attached hydrogen (secondary N) is 2. The Morgan fingerprint density at radius 3 is 2.48 bits per heavy atom. The van der Waals surface area contributed by atoms with E-state index in [2.05, 4.69) is 41.4 Å². The molecule has 2 aliphatic heterocycles. The Kier molecular flexibility index (Phi) is 5.28. The van der Waals surface area contributed by atoms with Gasteiger partial charge in [-0.3, -0.25) is 0 Å². The third-order valence-electron chi connectivity index (χ3n) is 4.55. The number of carbonyl (C=O) groups is 1. The number of hydrogen-bond donors (Lipinski definition) is 2. The zero-order valence-corrected chi connectivity index (χ0v) is 16.2. The molecule has 1 aromatic heterocycles. The van der Waals surface area contributed by atoms with Crippen LogP contribution in [0.4, 0.5) is 16.4 Å². The predicted octanol–water partition coefficient (Wildman–Crippen LogP) is 2.80. The molecule has 1 saturated heterocycles. The van der Waals surface area contributed by atoms with Crippen molar-refractivity contribution in [3.05, 3.63) is 35.1 Å². The normalized spacial score (nSPS) is 16.7. The van der Waals surface area contributed by atoms with Crippen LogP contribution in [0.1, 0.15) is 12.8 Å². The number of nitrogens with zero attached hydrogens (tertiary/aromatic N) is 3. The molecule has 3 heterocycles. The van der Waals surface area contributed by atoms with Gasteiger partial charge in [-0.1, -0.05) is 0 Å². The number of urea groups is 1. The van der Waals surface area contributed by atoms with Crippen molar-refractivity contribution in [2.45, 2.75) is 18.9 Å². The molecule has 27 heavy (non-hydrogen) atoms. The number of carbonyl (C=O) groups excluding carboxylic acids is 1. The summed E-state index contributed by atoms with van der Waals surface area (Å²) >= 11 is 3.46. The maximum Gasteiger partial charge on any atom is 0.319 e. The minimum absolute atomic E-state index is 0.112. The van der Waals surface area contributed by atoms with Crippen molar-refractivity contribution >= 4 is 33.6 Å². The van der Waals surface area contributed by atoms with E-state index in [0.717, 1.165) is 36.4 Å². The topological polar surface area (TPSA) is 88.6 Å². The van der Waals surface area contributed by atoms with E-state index < -0.39 is 0 Å². The molecular formula is C18H20BrN5O3. The molecule has 9 heteroatoms. The van der Waals surface area contributed by atoms with Crippen molar-refractivity contribution in [3.63, 3.8) is 0 Å². The Balaban J connectivity index is 1.31. The lowest BCUT2D eigenvalue weighted by atomic mass is 10.1. The highest BCUT2D eigenvalue weighted by Crippen LogP contribution is 2.38. The van der Waals surface area contributed by atoms with Crippen LogP contribution in [-0.2, 0) is 0 Å². The molecule has 0 unspecified atom stereocenters. The van der Waals surface area contributed by atoms with Crippen LogP contribution in [0.5, 0.6) is 11.5 Å². The summed E-state index contributed by atoms with van der Waals surface area (Å²) in [6.07, 6.45) is 5.17. The quantitative estimate of drug-likeness (QED) is 0.773. The lowest BCUT2D eigenvalue weighted by Crippen LogP contribution is -2.46. The minimum Gasteiger partial charge on any atom is -0.486 e. The van der Waals surface area contributed by atoms with Crippen LogP contribution in [0.15, 0.2) is 35.1 Å². The fourth-order valence-corrected chi connectivity index (χ4v) is 3.60. The van der Waals surface area contributed by atoms with E-state index in [1.54, 1.807) is 24.5 Å². The van der Waals surface area contributed by atoms with Crippen LogP contribution in [0.2, 0.25) is 0 Å². The van der Waals surface area contributed by atoms with Gasteiger partial charge in [-0.05, 0) is 34.8 Å². The summed E-state index contributed by atoms with van der Waals surface area (Å²) in [5.74, 6) is 2.05. The van der Waals surface area contributed by atoms with Crippen molar-refractivity contribution in [2.75, 3.05) is 36.5 Å². The number of fused-ring (bicyclic) bond motifs is 1. The highest BCUT2D eigenvalue weighted by atomic mass is 79.9. The minimum atomic E-state index is -0.234. The van der Waals surface area contributed by atoms with E-state index in [0.29, 0.717) is 30.4 Å². The van der Waals surface area contributed by atoms with Crippen LogP contribution >= 0.6 is 15.9 Å². The van der Waals surface area contributed by atoms with Crippen LogP contribution in [0.25, 0.3) is 0 Å². The second-order valence-electron chi connectivity index (χ2n) is 6.38. The molecular weight excluding hydrogens is 414 g/mol. The zero-order valence-electron chi connectivity index (χ0n) is 14.7. The number of piperidine rings is 1. The van der Waals surface area contributed by atoms with Gasteiger partial charge in [-0.2, -0.15) is 0 Å². The molecule has 0 spiro atoms. The standard InChI is InChI=1S/C18H20BrN5O3/c19-13-10-15-16(27-9-8-26-15)11-14(13)23-18(25)22-12-2-6-24(7-3-12)17-20-4-1-5-21-17/h1,4-5,10-12H,2-3,6-9H2,(H2,22,23,25). The summed E-state index contributed by atoms with van der Waals surface area (Å²) in [5, 5.41) is 5.92. The molecule has 0 aliphatic carbocycles. The second-order valence-corrected chi connectivity index (χ2v) is 7.24. The van der Waals surface area contributed by atoms with Crippen molar-refractivity contribution < 1.29 is 14.3 Å². The van der Waals surface area contributed by atoms with Gasteiger partial charge in [0, 0.05) is 48.1 Å². The Morgan fingerprint density at radius 1 is 1.11 bits per heavy atom. The maximum atomic E-state index is 12.4. The molecule has 4 rings (SSSR count). The molecule has 8 nitrogen and oxygen atoms in total. The number of anilines is 2. The Bertz CT molecular complexity index is 812. The smallest absolute Gasteiger partial charge is 0.319 e. The average Bonchev–Trinajstić information content (AvgIpc) is 2.70. The fraction of sp³-hybridized carbons (Fsp3) is 0.389. The third kappa shape index (κ3) is 4.24. The molecule has 0 radical (unpaired) electrons. The molecule has 0 atom stereocenters. The van der Waals surface area contributed by atoms with Gasteiger partial charge in [0.25, 0.3) is 0 Å². The van der Waals surface area contributed by atoms with Crippen LogP contribution in [0.3, 0.4) is 0 Å². The van der Waals surface area contributed by atoms with Gasteiger partial charge in [0.2, 0.25) is 5.95 Å². The highest BCUT2D eigenvalue weighted by Gasteiger charge is 2.23. The van der Waals surface area contributed by atoms with E-state index >= 15 is 0 Å². The van der Waals surface area contributed by atoms with E-state index in [9.17, 15) is 4.79 Å². The van der Waals surface area contributed by atoms with Crippen molar-refractivity contribution in [3.8, 4) is 11.5 Å². The first kappa shape index (κ1) is 17.8. The van der Waals surface area contributed by atoms with Gasteiger partial charge < -0.3 is 25.0 Å². The molecule has 1 fully saturated rings. The highest BCUT2D eigenvalue weighted by molar-refractivity contribution is 9.10. The second kappa shape index (κ2) is 7.99. The van der Waals surface area contributed by atoms with E-state index in [-0.39, 0.29) is 12.1 Å². The van der Waals surface area contributed by atoms with Gasteiger partial charge in [0.15, 0.2) is 11.5 Å². The number of rotatable bonds is 3. The first-order chi connectivity index (χ1) is 13.2. The van der Waals surface area contributed by atoms with Crippen molar-refractivity contribution in [2.24, 2.45) is 0 Å². The molecule has 0 bridgehead atoms. The Hall–Kier alpha value is -2.55. The van der Waals surface area contributed by atoms with E-state index in [1.165, 1.54) is 0 Å². The predicted molar refractivity (Wildman–Crippen MR) is 105 cm³/mol. The summed E-state index contributed by atoms with van der Waals surface area (Å²) in [6, 6.07) is 5.26. The Morgan fingerprint density at radius 2 is 1.78 bits per heavy atom. The van der Waals surface area contributed by atoms with Gasteiger partial charge >= 0.3 is 6.03 Å². The van der Waals surface area contributed by atoms with Gasteiger partial charge in [0.1, 0.15) is 13.2 Å². The maximum absolute atomic E-state index is 12.4. The monoisotopic (exact) mass is 433 g/mol. The van der Waals surface area contributed by atoms with E-state index in [4.69, 9.17) is 9.47 Å². The molecule has 0 saturated carbocycles. The molecule has 2 N–H and O–H groups in total. The van der Waals surface area contributed by atoms with Crippen molar-refractivity contribution in [1.82, 2.24) is 15.3 Å². The fourth-order valence-electron chi connectivity index (χ4n) is 3.18. The average molecular weight is 434 g/mol. The van der Waals surface area contributed by atoms with E-state index in [1.807, 2.05) is 6.07 Å². The summed E-state index contributed by atoms with van der Waals surface area (Å²) in [7, 11) is 0. The number of hydrogen-bond acceptors (Lipinski definition) is 6. The SMILES string of the molecule is O=C(Nc1cc2c(cc1Br)OCCO2)NC1CCN(c2ncccn2)CC1. The summed E-state index contributed by atoms with van der Waals surface area (Å²) < 4.78 is 11.9. The van der Waals surface area contributed by atoms with Gasteiger partial charge in [-0.15, -0.1) is 0 Å². The first-order valence-corrected chi connectivity index (χ1v) is 9.67.